The lowest BCUT2D eigenvalue weighted by Crippen LogP contribution is -2.13. The minimum absolute atomic E-state index is 0.0422. The molecule has 2 aromatic rings. The fourth-order valence-corrected chi connectivity index (χ4v) is 3.60. The van der Waals surface area contributed by atoms with Crippen molar-refractivity contribution in [3.63, 3.8) is 0 Å². The first kappa shape index (κ1) is 15.4. The van der Waals surface area contributed by atoms with Crippen molar-refractivity contribution in [1.82, 2.24) is 0 Å². The van der Waals surface area contributed by atoms with Crippen molar-refractivity contribution in [2.75, 3.05) is 10.5 Å². The van der Waals surface area contributed by atoms with E-state index in [1.165, 1.54) is 18.2 Å². The van der Waals surface area contributed by atoms with Crippen LogP contribution in [0, 0.1) is 0 Å². The Kier molecular flexibility index (Phi) is 4.49. The molecule has 8 heteroatoms. The van der Waals surface area contributed by atoms with Gasteiger partial charge >= 0.3 is 0 Å². The lowest BCUT2D eigenvalue weighted by Gasteiger charge is -2.10. The second kappa shape index (κ2) is 5.81. The minimum Gasteiger partial charge on any atom is -0.399 e. The number of halogens is 3. The lowest BCUT2D eigenvalue weighted by atomic mass is 10.3. The average Bonchev–Trinajstić information content (AvgIpc) is 2.33. The Morgan fingerprint density at radius 1 is 1.05 bits per heavy atom. The molecular formula is C12H9BrCl2N2O2S. The molecule has 0 aliphatic rings. The van der Waals surface area contributed by atoms with Crippen LogP contribution in [0.25, 0.3) is 0 Å². The van der Waals surface area contributed by atoms with E-state index in [1.807, 2.05) is 0 Å². The Morgan fingerprint density at radius 2 is 1.75 bits per heavy atom. The average molecular weight is 396 g/mol. The molecule has 2 aromatic carbocycles. The van der Waals surface area contributed by atoms with Crippen molar-refractivity contribution in [3.05, 3.63) is 50.9 Å². The smallest absolute Gasteiger partial charge is 0.263 e. The van der Waals surface area contributed by atoms with E-state index in [-0.39, 0.29) is 9.92 Å². The van der Waals surface area contributed by atoms with Crippen molar-refractivity contribution >= 4 is 60.5 Å². The van der Waals surface area contributed by atoms with Gasteiger partial charge in [-0.05, 0) is 52.3 Å². The third kappa shape index (κ3) is 3.38. The first-order valence-electron chi connectivity index (χ1n) is 5.32. The van der Waals surface area contributed by atoms with Crippen LogP contribution in [0.15, 0.2) is 45.8 Å². The van der Waals surface area contributed by atoms with Crippen LogP contribution in [0.2, 0.25) is 10.0 Å². The topological polar surface area (TPSA) is 72.2 Å². The second-order valence-electron chi connectivity index (χ2n) is 3.92. The zero-order valence-electron chi connectivity index (χ0n) is 9.90. The molecule has 3 N–H and O–H groups in total. The summed E-state index contributed by atoms with van der Waals surface area (Å²) >= 11 is 15.0. The molecule has 0 atom stereocenters. The molecule has 106 valence electrons. The Bertz CT molecular complexity index is 766. The van der Waals surface area contributed by atoms with Crippen molar-refractivity contribution < 1.29 is 8.42 Å². The van der Waals surface area contributed by atoms with Gasteiger partial charge in [-0.3, -0.25) is 4.72 Å². The van der Waals surface area contributed by atoms with Gasteiger partial charge in [-0.2, -0.15) is 0 Å². The molecule has 0 aliphatic carbocycles. The SMILES string of the molecule is Nc1ccc(S(=O)(=O)Nc2ccc(Cl)c(Br)c2)c(Cl)c1. The van der Waals surface area contributed by atoms with Crippen LogP contribution in [-0.2, 0) is 10.0 Å². The molecule has 0 aliphatic heterocycles. The maximum absolute atomic E-state index is 12.2. The predicted octanol–water partition coefficient (Wildman–Crippen LogP) is 4.14. The zero-order valence-corrected chi connectivity index (χ0v) is 13.8. The van der Waals surface area contributed by atoms with E-state index in [2.05, 4.69) is 20.7 Å². The molecule has 0 unspecified atom stereocenters. The van der Waals surface area contributed by atoms with Crippen LogP contribution in [-0.4, -0.2) is 8.42 Å². The van der Waals surface area contributed by atoms with E-state index in [9.17, 15) is 8.42 Å². The standard InChI is InChI=1S/C12H9BrCl2N2O2S/c13-9-6-8(2-3-10(9)14)17-20(18,19)12-4-1-7(16)5-11(12)15/h1-6,17H,16H2. The maximum Gasteiger partial charge on any atom is 0.263 e. The van der Waals surface area contributed by atoms with Crippen molar-refractivity contribution in [2.24, 2.45) is 0 Å². The summed E-state index contributed by atoms with van der Waals surface area (Å²) in [5.74, 6) is 0. The highest BCUT2D eigenvalue weighted by Gasteiger charge is 2.18. The summed E-state index contributed by atoms with van der Waals surface area (Å²) in [6, 6.07) is 8.89. The zero-order chi connectivity index (χ0) is 14.9. The first-order chi connectivity index (χ1) is 9.29. The summed E-state index contributed by atoms with van der Waals surface area (Å²) in [6.07, 6.45) is 0. The van der Waals surface area contributed by atoms with Crippen LogP contribution in [0.4, 0.5) is 11.4 Å². The van der Waals surface area contributed by atoms with E-state index in [0.29, 0.717) is 20.9 Å². The summed E-state index contributed by atoms with van der Waals surface area (Å²) in [5.41, 5.74) is 6.30. The van der Waals surface area contributed by atoms with E-state index < -0.39 is 10.0 Å². The van der Waals surface area contributed by atoms with Gasteiger partial charge < -0.3 is 5.73 Å². The summed E-state index contributed by atoms with van der Waals surface area (Å²) in [7, 11) is -3.79. The molecule has 0 heterocycles. The van der Waals surface area contributed by atoms with E-state index in [1.54, 1.807) is 18.2 Å². The summed E-state index contributed by atoms with van der Waals surface area (Å²) < 4.78 is 27.5. The third-order valence-corrected chi connectivity index (χ3v) is 5.50. The van der Waals surface area contributed by atoms with Gasteiger partial charge in [0.15, 0.2) is 0 Å². The first-order valence-corrected chi connectivity index (χ1v) is 8.36. The fourth-order valence-electron chi connectivity index (χ4n) is 1.50. The molecule has 4 nitrogen and oxygen atoms in total. The normalized spacial score (nSPS) is 11.3. The number of hydrogen-bond donors (Lipinski definition) is 2. The maximum atomic E-state index is 12.2. The Morgan fingerprint density at radius 3 is 2.35 bits per heavy atom. The number of nitrogens with two attached hydrogens (primary N) is 1. The minimum atomic E-state index is -3.79. The Labute approximate surface area is 135 Å². The Hall–Kier alpha value is -0.950. The molecule has 20 heavy (non-hydrogen) atoms. The molecular weight excluding hydrogens is 387 g/mol. The quantitative estimate of drug-likeness (QED) is 0.767. The largest absolute Gasteiger partial charge is 0.399 e. The molecule has 0 saturated heterocycles. The van der Waals surface area contributed by atoms with Crippen LogP contribution < -0.4 is 10.5 Å². The van der Waals surface area contributed by atoms with E-state index in [4.69, 9.17) is 28.9 Å². The van der Waals surface area contributed by atoms with Gasteiger partial charge in [0.2, 0.25) is 0 Å². The Balaban J connectivity index is 2.38. The van der Waals surface area contributed by atoms with Gasteiger partial charge in [-0.15, -0.1) is 0 Å². The molecule has 0 aromatic heterocycles. The highest BCUT2D eigenvalue weighted by Crippen LogP contribution is 2.29. The summed E-state index contributed by atoms with van der Waals surface area (Å²) in [5, 5.41) is 0.545. The molecule has 0 saturated carbocycles. The predicted molar refractivity (Wildman–Crippen MR) is 85.8 cm³/mol. The highest BCUT2D eigenvalue weighted by molar-refractivity contribution is 9.10. The molecule has 2 rings (SSSR count). The van der Waals surface area contributed by atoms with Crippen LogP contribution in [0.5, 0.6) is 0 Å². The lowest BCUT2D eigenvalue weighted by molar-refractivity contribution is 0.601. The van der Waals surface area contributed by atoms with Crippen molar-refractivity contribution in [2.45, 2.75) is 4.90 Å². The van der Waals surface area contributed by atoms with Crippen LogP contribution >= 0.6 is 39.1 Å². The molecule has 0 bridgehead atoms. The van der Waals surface area contributed by atoms with Crippen molar-refractivity contribution in [1.29, 1.82) is 0 Å². The van der Waals surface area contributed by atoms with Crippen molar-refractivity contribution in [3.8, 4) is 0 Å². The fraction of sp³-hybridized carbons (Fsp3) is 0. The van der Waals surface area contributed by atoms with Crippen LogP contribution in [0.1, 0.15) is 0 Å². The van der Waals surface area contributed by atoms with Gasteiger partial charge in [0, 0.05) is 10.2 Å². The highest BCUT2D eigenvalue weighted by atomic mass is 79.9. The van der Waals surface area contributed by atoms with Gasteiger partial charge in [-0.1, -0.05) is 23.2 Å². The second-order valence-corrected chi connectivity index (χ2v) is 7.24. The summed E-state index contributed by atoms with van der Waals surface area (Å²) in [6.45, 7) is 0. The molecule has 0 fully saturated rings. The molecule has 0 amide bonds. The number of nitrogens with one attached hydrogen (secondary N) is 1. The van der Waals surface area contributed by atoms with E-state index >= 15 is 0 Å². The number of anilines is 2. The number of benzene rings is 2. The van der Waals surface area contributed by atoms with Gasteiger partial charge in [0.1, 0.15) is 4.90 Å². The number of hydrogen-bond acceptors (Lipinski definition) is 3. The third-order valence-electron chi connectivity index (χ3n) is 2.42. The van der Waals surface area contributed by atoms with Gasteiger partial charge in [0.05, 0.1) is 15.7 Å². The van der Waals surface area contributed by atoms with Gasteiger partial charge in [-0.25, -0.2) is 8.42 Å². The van der Waals surface area contributed by atoms with E-state index in [0.717, 1.165) is 0 Å². The molecule has 0 radical (unpaired) electrons. The number of sulfonamides is 1. The van der Waals surface area contributed by atoms with Gasteiger partial charge in [0.25, 0.3) is 10.0 Å². The number of rotatable bonds is 3. The molecule has 0 spiro atoms. The van der Waals surface area contributed by atoms with Crippen LogP contribution in [0.3, 0.4) is 0 Å². The monoisotopic (exact) mass is 394 g/mol. The summed E-state index contributed by atoms with van der Waals surface area (Å²) in [4.78, 5) is -0.0422. The number of nitrogen functional groups attached to an aromatic ring is 1.